The Balaban J connectivity index is 1.21. The highest BCUT2D eigenvalue weighted by Gasteiger charge is 2.23. The lowest BCUT2D eigenvalue weighted by Gasteiger charge is -2.36. The second-order valence-electron chi connectivity index (χ2n) is 8.30. The van der Waals surface area contributed by atoms with E-state index in [0.717, 1.165) is 67.6 Å². The fourth-order valence-corrected chi connectivity index (χ4v) is 4.36. The van der Waals surface area contributed by atoms with Crippen LogP contribution in [0.2, 0.25) is 0 Å². The van der Waals surface area contributed by atoms with Crippen LogP contribution in [0.5, 0.6) is 0 Å². The summed E-state index contributed by atoms with van der Waals surface area (Å²) in [4.78, 5) is 16.0. The first-order valence-corrected chi connectivity index (χ1v) is 10.8. The summed E-state index contributed by atoms with van der Waals surface area (Å²) in [5.41, 5.74) is 3.91. The Morgan fingerprint density at radius 1 is 0.812 bits per heavy atom. The van der Waals surface area contributed by atoms with Gasteiger partial charge in [0.15, 0.2) is 11.6 Å². The fourth-order valence-electron chi connectivity index (χ4n) is 4.36. The molecule has 2 aliphatic heterocycles. The van der Waals surface area contributed by atoms with E-state index >= 15 is 0 Å². The predicted molar refractivity (Wildman–Crippen MR) is 117 cm³/mol. The van der Waals surface area contributed by atoms with E-state index in [2.05, 4.69) is 19.7 Å². The number of fused-ring (bicyclic) bond motifs is 1. The van der Waals surface area contributed by atoms with E-state index in [4.69, 9.17) is 4.98 Å². The molecule has 0 saturated carbocycles. The Kier molecular flexibility index (Phi) is 5.70. The van der Waals surface area contributed by atoms with Crippen molar-refractivity contribution in [3.63, 3.8) is 0 Å². The summed E-state index contributed by atoms with van der Waals surface area (Å²) in [7, 11) is 0. The average molecular weight is 439 g/mol. The van der Waals surface area contributed by atoms with Gasteiger partial charge in [0.05, 0.1) is 5.69 Å². The van der Waals surface area contributed by atoms with E-state index in [9.17, 15) is 13.2 Å². The number of hydrogen-bond donors (Lipinski definition) is 0. The second kappa shape index (κ2) is 8.78. The molecule has 0 aliphatic carbocycles. The largest absolute Gasteiger partial charge is 0.368 e. The van der Waals surface area contributed by atoms with Crippen molar-refractivity contribution < 1.29 is 13.2 Å². The highest BCUT2D eigenvalue weighted by atomic mass is 19.2. The van der Waals surface area contributed by atoms with Crippen LogP contribution in [0, 0.1) is 17.5 Å². The normalized spacial score (nSPS) is 16.8. The zero-order valence-corrected chi connectivity index (χ0v) is 17.6. The van der Waals surface area contributed by atoms with E-state index < -0.39 is 11.6 Å². The molecule has 0 atom stereocenters. The molecular formula is C24H24F3N5. The number of anilines is 2. The number of halogens is 3. The highest BCUT2D eigenvalue weighted by molar-refractivity contribution is 5.48. The van der Waals surface area contributed by atoms with Gasteiger partial charge in [0, 0.05) is 69.7 Å². The third kappa shape index (κ3) is 4.41. The molecule has 0 unspecified atom stereocenters. The molecule has 0 radical (unpaired) electrons. The van der Waals surface area contributed by atoms with Crippen LogP contribution >= 0.6 is 0 Å². The molecule has 2 aromatic carbocycles. The Bertz CT molecular complexity index is 1100. The monoisotopic (exact) mass is 439 g/mol. The van der Waals surface area contributed by atoms with Gasteiger partial charge in [-0.2, -0.15) is 0 Å². The van der Waals surface area contributed by atoms with Crippen LogP contribution in [0.25, 0.3) is 0 Å². The first-order chi connectivity index (χ1) is 15.5. The quantitative estimate of drug-likeness (QED) is 0.618. The van der Waals surface area contributed by atoms with Gasteiger partial charge in [-0.05, 0) is 42.0 Å². The Labute approximate surface area is 185 Å². The molecule has 3 heterocycles. The number of nitrogens with zero attached hydrogens (tertiary/aromatic N) is 5. The number of piperazine rings is 1. The minimum Gasteiger partial charge on any atom is -0.368 e. The van der Waals surface area contributed by atoms with Crippen molar-refractivity contribution in [3.8, 4) is 0 Å². The van der Waals surface area contributed by atoms with Crippen molar-refractivity contribution in [2.24, 2.45) is 0 Å². The number of benzene rings is 2. The molecule has 0 N–H and O–H groups in total. The molecule has 2 aliphatic rings. The summed E-state index contributed by atoms with van der Waals surface area (Å²) in [5, 5.41) is 0. The van der Waals surface area contributed by atoms with E-state index in [1.807, 2.05) is 18.3 Å². The summed E-state index contributed by atoms with van der Waals surface area (Å²) in [6, 6.07) is 10.7. The summed E-state index contributed by atoms with van der Waals surface area (Å²) < 4.78 is 39.8. The SMILES string of the molecule is Fc1ccc(N2CCN(c3ncc4c(n3)CCN(Cc3ccc(F)c(F)c3)C4)CC2)cc1. The van der Waals surface area contributed by atoms with Gasteiger partial charge in [-0.1, -0.05) is 6.07 Å². The molecule has 5 nitrogen and oxygen atoms in total. The van der Waals surface area contributed by atoms with Crippen LogP contribution in [0.3, 0.4) is 0 Å². The van der Waals surface area contributed by atoms with Gasteiger partial charge in [-0.15, -0.1) is 0 Å². The lowest BCUT2D eigenvalue weighted by molar-refractivity contribution is 0.242. The number of hydrogen-bond acceptors (Lipinski definition) is 5. The van der Waals surface area contributed by atoms with E-state index in [0.29, 0.717) is 13.1 Å². The summed E-state index contributed by atoms with van der Waals surface area (Å²) in [6.45, 7) is 5.32. The molecule has 1 fully saturated rings. The molecule has 3 aromatic rings. The van der Waals surface area contributed by atoms with Gasteiger partial charge in [0.1, 0.15) is 5.82 Å². The molecular weight excluding hydrogens is 415 g/mol. The Morgan fingerprint density at radius 3 is 2.31 bits per heavy atom. The van der Waals surface area contributed by atoms with Crippen molar-refractivity contribution in [2.75, 3.05) is 42.5 Å². The van der Waals surface area contributed by atoms with Crippen LogP contribution < -0.4 is 9.80 Å². The molecule has 1 aromatic heterocycles. The van der Waals surface area contributed by atoms with Gasteiger partial charge in [0.25, 0.3) is 0 Å². The van der Waals surface area contributed by atoms with Gasteiger partial charge >= 0.3 is 0 Å². The summed E-state index contributed by atoms with van der Waals surface area (Å²) in [5.74, 6) is -1.11. The molecule has 166 valence electrons. The molecule has 5 rings (SSSR count). The minimum atomic E-state index is -0.822. The molecule has 0 spiro atoms. The maximum atomic E-state index is 13.5. The first kappa shape index (κ1) is 20.8. The van der Waals surface area contributed by atoms with Crippen LogP contribution in [0.4, 0.5) is 24.8 Å². The lowest BCUT2D eigenvalue weighted by atomic mass is 10.1. The molecule has 1 saturated heterocycles. The minimum absolute atomic E-state index is 0.224. The van der Waals surface area contributed by atoms with Gasteiger partial charge in [0.2, 0.25) is 5.95 Å². The van der Waals surface area contributed by atoms with Crippen molar-refractivity contribution in [2.45, 2.75) is 19.5 Å². The topological polar surface area (TPSA) is 35.5 Å². The maximum Gasteiger partial charge on any atom is 0.225 e. The first-order valence-electron chi connectivity index (χ1n) is 10.8. The third-order valence-corrected chi connectivity index (χ3v) is 6.14. The highest BCUT2D eigenvalue weighted by Crippen LogP contribution is 2.23. The molecule has 0 bridgehead atoms. The molecule has 0 amide bonds. The van der Waals surface area contributed by atoms with Crippen molar-refractivity contribution in [1.29, 1.82) is 0 Å². The van der Waals surface area contributed by atoms with Crippen LogP contribution in [-0.2, 0) is 19.5 Å². The van der Waals surface area contributed by atoms with Crippen LogP contribution in [0.15, 0.2) is 48.7 Å². The number of aromatic nitrogens is 2. The van der Waals surface area contributed by atoms with E-state index in [-0.39, 0.29) is 5.82 Å². The van der Waals surface area contributed by atoms with Gasteiger partial charge in [-0.3, -0.25) is 4.90 Å². The van der Waals surface area contributed by atoms with Crippen LogP contribution in [-0.4, -0.2) is 47.6 Å². The third-order valence-electron chi connectivity index (χ3n) is 6.14. The van der Waals surface area contributed by atoms with Crippen molar-refractivity contribution in [3.05, 3.63) is 82.9 Å². The van der Waals surface area contributed by atoms with Crippen molar-refractivity contribution in [1.82, 2.24) is 14.9 Å². The maximum absolute atomic E-state index is 13.5. The fraction of sp³-hybridized carbons (Fsp3) is 0.333. The molecule has 32 heavy (non-hydrogen) atoms. The predicted octanol–water partition coefficient (Wildman–Crippen LogP) is 3.78. The second-order valence-corrected chi connectivity index (χ2v) is 8.30. The zero-order valence-electron chi connectivity index (χ0n) is 17.6. The number of rotatable bonds is 4. The summed E-state index contributed by atoms with van der Waals surface area (Å²) in [6.07, 6.45) is 2.69. The standard InChI is InChI=1S/C24H24F3N5/c25-19-2-4-20(5-3-19)31-9-11-32(12-10-31)24-28-14-18-16-30(8-7-23(18)29-24)15-17-1-6-21(26)22(27)13-17/h1-6,13-14H,7-12,15-16H2. The molecule has 8 heteroatoms. The van der Waals surface area contributed by atoms with E-state index in [1.165, 1.54) is 24.3 Å². The lowest BCUT2D eigenvalue weighted by Crippen LogP contribution is -2.47. The van der Waals surface area contributed by atoms with Crippen LogP contribution in [0.1, 0.15) is 16.8 Å². The van der Waals surface area contributed by atoms with Gasteiger partial charge < -0.3 is 9.80 Å². The van der Waals surface area contributed by atoms with E-state index in [1.54, 1.807) is 6.07 Å². The summed E-state index contributed by atoms with van der Waals surface area (Å²) >= 11 is 0. The van der Waals surface area contributed by atoms with Crippen molar-refractivity contribution >= 4 is 11.6 Å². The Morgan fingerprint density at radius 2 is 1.56 bits per heavy atom. The Hall–Kier alpha value is -3.13. The van der Waals surface area contributed by atoms with Gasteiger partial charge in [-0.25, -0.2) is 23.1 Å². The average Bonchev–Trinajstić information content (AvgIpc) is 2.82. The zero-order chi connectivity index (χ0) is 22.1. The smallest absolute Gasteiger partial charge is 0.225 e.